The molecular formula is C14H22N2O2. The van der Waals surface area contributed by atoms with Gasteiger partial charge >= 0.3 is 6.09 Å². The van der Waals surface area contributed by atoms with E-state index in [0.717, 1.165) is 13.0 Å². The van der Waals surface area contributed by atoms with E-state index in [9.17, 15) is 4.79 Å². The van der Waals surface area contributed by atoms with Gasteiger partial charge in [0.2, 0.25) is 0 Å². The van der Waals surface area contributed by atoms with E-state index in [-0.39, 0.29) is 6.09 Å². The van der Waals surface area contributed by atoms with Crippen LogP contribution in [0.3, 0.4) is 0 Å². The van der Waals surface area contributed by atoms with Crippen molar-refractivity contribution in [2.24, 2.45) is 0 Å². The molecule has 0 radical (unpaired) electrons. The van der Waals surface area contributed by atoms with E-state index in [1.165, 1.54) is 12.1 Å². The van der Waals surface area contributed by atoms with Crippen LogP contribution in [0.4, 0.5) is 4.79 Å². The van der Waals surface area contributed by atoms with Crippen LogP contribution in [0.2, 0.25) is 0 Å². The normalized spacial score (nSPS) is 19.2. The minimum absolute atomic E-state index is 0.328. The van der Waals surface area contributed by atoms with Crippen molar-refractivity contribution in [1.82, 2.24) is 9.88 Å². The van der Waals surface area contributed by atoms with Gasteiger partial charge in [0.15, 0.2) is 0 Å². The lowest BCUT2D eigenvalue weighted by molar-refractivity contribution is 0.0522. The molecule has 0 saturated carbocycles. The fourth-order valence-electron chi connectivity index (χ4n) is 2.38. The molecule has 1 amide bonds. The average molecular weight is 250 g/mol. The number of alkyl carbamates (subject to hydrolysis) is 1. The summed E-state index contributed by atoms with van der Waals surface area (Å²) in [7, 11) is 0. The molecule has 2 heterocycles. The van der Waals surface area contributed by atoms with Gasteiger partial charge in [0, 0.05) is 30.9 Å². The van der Waals surface area contributed by atoms with Gasteiger partial charge in [-0.3, -0.25) is 0 Å². The zero-order valence-electron chi connectivity index (χ0n) is 11.4. The van der Waals surface area contributed by atoms with Gasteiger partial charge in [-0.15, -0.1) is 0 Å². The Bertz CT molecular complexity index is 418. The van der Waals surface area contributed by atoms with Crippen LogP contribution in [-0.2, 0) is 11.3 Å². The Kier molecular flexibility index (Phi) is 3.64. The zero-order chi connectivity index (χ0) is 13.2. The highest BCUT2D eigenvalue weighted by atomic mass is 16.6. The van der Waals surface area contributed by atoms with Crippen LogP contribution >= 0.6 is 0 Å². The lowest BCUT2D eigenvalue weighted by Gasteiger charge is -2.26. The predicted octanol–water partition coefficient (Wildman–Crippen LogP) is 2.89. The quantitative estimate of drug-likeness (QED) is 0.877. The first-order chi connectivity index (χ1) is 8.46. The Morgan fingerprint density at radius 1 is 1.56 bits per heavy atom. The van der Waals surface area contributed by atoms with Gasteiger partial charge in [-0.2, -0.15) is 0 Å². The number of ether oxygens (including phenoxy) is 1. The Labute approximate surface area is 108 Å². The molecule has 0 fully saturated rings. The molecule has 1 atom stereocenters. The van der Waals surface area contributed by atoms with Crippen molar-refractivity contribution in [1.29, 1.82) is 0 Å². The van der Waals surface area contributed by atoms with Crippen molar-refractivity contribution in [2.75, 3.05) is 6.54 Å². The largest absolute Gasteiger partial charge is 0.444 e. The van der Waals surface area contributed by atoms with Crippen molar-refractivity contribution in [2.45, 2.75) is 51.7 Å². The van der Waals surface area contributed by atoms with Crippen molar-refractivity contribution >= 4 is 6.09 Å². The minimum atomic E-state index is -0.434. The summed E-state index contributed by atoms with van der Waals surface area (Å²) in [5.74, 6) is 0.404. The third-order valence-corrected chi connectivity index (χ3v) is 3.13. The summed E-state index contributed by atoms with van der Waals surface area (Å²) in [6.07, 6.45) is 4.07. The number of fused-ring (bicyclic) bond motifs is 1. The minimum Gasteiger partial charge on any atom is -0.444 e. The standard InChI is InChI=1S/C14H22N2O2/c1-14(2,3)18-13(17)15-10-11-6-4-8-16-9-5-7-12(11)16/h5,7,9,11H,4,6,8,10H2,1-3H3,(H,15,17)/t11-/m1/s1. The molecule has 1 aliphatic rings. The summed E-state index contributed by atoms with van der Waals surface area (Å²) in [4.78, 5) is 11.6. The molecule has 0 unspecified atom stereocenters. The molecule has 100 valence electrons. The van der Waals surface area contributed by atoms with Crippen LogP contribution in [0.15, 0.2) is 18.3 Å². The first-order valence-corrected chi connectivity index (χ1v) is 6.57. The first kappa shape index (κ1) is 13.0. The zero-order valence-corrected chi connectivity index (χ0v) is 11.4. The number of aryl methyl sites for hydroxylation is 1. The summed E-state index contributed by atoms with van der Waals surface area (Å²) in [5.41, 5.74) is 0.883. The van der Waals surface area contributed by atoms with Crippen molar-refractivity contribution in [3.05, 3.63) is 24.0 Å². The number of aromatic nitrogens is 1. The monoisotopic (exact) mass is 250 g/mol. The number of rotatable bonds is 2. The van der Waals surface area contributed by atoms with Crippen LogP contribution in [0.1, 0.15) is 45.2 Å². The van der Waals surface area contributed by atoms with E-state index < -0.39 is 5.60 Å². The third-order valence-electron chi connectivity index (χ3n) is 3.13. The topological polar surface area (TPSA) is 43.3 Å². The highest BCUT2D eigenvalue weighted by Gasteiger charge is 2.22. The molecule has 0 spiro atoms. The Morgan fingerprint density at radius 2 is 2.33 bits per heavy atom. The summed E-state index contributed by atoms with van der Waals surface area (Å²) in [6.45, 7) is 7.36. The number of hydrogen-bond acceptors (Lipinski definition) is 2. The molecular weight excluding hydrogens is 228 g/mol. The maximum absolute atomic E-state index is 11.6. The van der Waals surface area contributed by atoms with Gasteiger partial charge in [-0.1, -0.05) is 0 Å². The number of nitrogens with zero attached hydrogens (tertiary/aromatic N) is 1. The van der Waals surface area contributed by atoms with Crippen LogP contribution in [0, 0.1) is 0 Å². The summed E-state index contributed by atoms with van der Waals surface area (Å²) in [5, 5.41) is 2.87. The summed E-state index contributed by atoms with van der Waals surface area (Å²) >= 11 is 0. The van der Waals surface area contributed by atoms with Gasteiger partial charge in [0.25, 0.3) is 0 Å². The van der Waals surface area contributed by atoms with E-state index in [0.29, 0.717) is 12.5 Å². The molecule has 0 aliphatic carbocycles. The molecule has 1 aromatic rings. The number of hydrogen-bond donors (Lipinski definition) is 1. The molecule has 4 nitrogen and oxygen atoms in total. The van der Waals surface area contributed by atoms with E-state index in [2.05, 4.69) is 28.2 Å². The van der Waals surface area contributed by atoms with Gasteiger partial charge in [-0.25, -0.2) is 4.79 Å². The van der Waals surface area contributed by atoms with Gasteiger partial charge in [-0.05, 0) is 45.7 Å². The molecule has 0 aromatic carbocycles. The smallest absolute Gasteiger partial charge is 0.407 e. The Hall–Kier alpha value is -1.45. The van der Waals surface area contributed by atoms with Crippen LogP contribution in [0.25, 0.3) is 0 Å². The van der Waals surface area contributed by atoms with Crippen LogP contribution in [-0.4, -0.2) is 22.8 Å². The SMILES string of the molecule is CC(C)(C)OC(=O)NC[C@H]1CCCn2cccc21. The second kappa shape index (κ2) is 5.04. The highest BCUT2D eigenvalue weighted by molar-refractivity contribution is 5.67. The van der Waals surface area contributed by atoms with Crippen molar-refractivity contribution < 1.29 is 9.53 Å². The third kappa shape index (κ3) is 3.28. The highest BCUT2D eigenvalue weighted by Crippen LogP contribution is 2.26. The van der Waals surface area contributed by atoms with E-state index in [1.807, 2.05) is 20.8 Å². The summed E-state index contributed by atoms with van der Waals surface area (Å²) < 4.78 is 7.51. The molecule has 0 saturated heterocycles. The molecule has 1 N–H and O–H groups in total. The number of carbonyl (C=O) groups excluding carboxylic acids is 1. The van der Waals surface area contributed by atoms with Gasteiger partial charge in [0.1, 0.15) is 5.60 Å². The number of carbonyl (C=O) groups is 1. The molecule has 18 heavy (non-hydrogen) atoms. The second-order valence-corrected chi connectivity index (χ2v) is 5.85. The lowest BCUT2D eigenvalue weighted by atomic mass is 9.96. The fourth-order valence-corrected chi connectivity index (χ4v) is 2.38. The summed E-state index contributed by atoms with van der Waals surface area (Å²) in [6, 6.07) is 4.21. The van der Waals surface area contributed by atoms with Crippen molar-refractivity contribution in [3.63, 3.8) is 0 Å². The molecule has 0 bridgehead atoms. The Morgan fingerprint density at radius 3 is 3.06 bits per heavy atom. The average Bonchev–Trinajstić information content (AvgIpc) is 2.72. The Balaban J connectivity index is 1.87. The molecule has 2 rings (SSSR count). The number of nitrogens with one attached hydrogen (secondary N) is 1. The van der Waals surface area contributed by atoms with E-state index >= 15 is 0 Å². The maximum Gasteiger partial charge on any atom is 0.407 e. The predicted molar refractivity (Wildman–Crippen MR) is 70.6 cm³/mol. The molecule has 1 aromatic heterocycles. The number of amides is 1. The van der Waals surface area contributed by atoms with Gasteiger partial charge < -0.3 is 14.6 Å². The van der Waals surface area contributed by atoms with Gasteiger partial charge in [0.05, 0.1) is 0 Å². The van der Waals surface area contributed by atoms with E-state index in [4.69, 9.17) is 4.74 Å². The lowest BCUT2D eigenvalue weighted by Crippen LogP contribution is -2.35. The van der Waals surface area contributed by atoms with Crippen LogP contribution in [0.5, 0.6) is 0 Å². The van der Waals surface area contributed by atoms with Crippen LogP contribution < -0.4 is 5.32 Å². The molecule has 1 aliphatic heterocycles. The fraction of sp³-hybridized carbons (Fsp3) is 0.643. The van der Waals surface area contributed by atoms with E-state index in [1.54, 1.807) is 0 Å². The second-order valence-electron chi connectivity index (χ2n) is 5.85. The van der Waals surface area contributed by atoms with Crippen molar-refractivity contribution in [3.8, 4) is 0 Å². The maximum atomic E-state index is 11.6. The first-order valence-electron chi connectivity index (χ1n) is 6.57. The molecule has 4 heteroatoms.